The van der Waals surface area contributed by atoms with Crippen molar-refractivity contribution in [2.24, 2.45) is 7.05 Å². The van der Waals surface area contributed by atoms with Gasteiger partial charge in [-0.05, 0) is 0 Å². The van der Waals surface area contributed by atoms with Crippen LogP contribution in [0.2, 0.25) is 0 Å². The smallest absolute Gasteiger partial charge is 0.163 e. The zero-order chi connectivity index (χ0) is 13.2. The quantitative estimate of drug-likeness (QED) is 0.712. The molecule has 96 valence electrons. The molecule has 0 unspecified atom stereocenters. The molecule has 0 aliphatic carbocycles. The first kappa shape index (κ1) is 11.8. The molecule has 0 aliphatic heterocycles. The molecule has 0 saturated heterocycles. The summed E-state index contributed by atoms with van der Waals surface area (Å²) in [5.74, 6) is 1.70. The number of hydrogen-bond acceptors (Lipinski definition) is 7. The second kappa shape index (κ2) is 4.81. The van der Waals surface area contributed by atoms with E-state index in [2.05, 4.69) is 25.0 Å². The van der Waals surface area contributed by atoms with Gasteiger partial charge in [-0.1, -0.05) is 11.8 Å². The van der Waals surface area contributed by atoms with Crippen LogP contribution in [0, 0.1) is 0 Å². The number of aromatic nitrogens is 6. The van der Waals surface area contributed by atoms with Gasteiger partial charge in [0.05, 0.1) is 23.5 Å². The topological polar surface area (TPSA) is 95.4 Å². The van der Waals surface area contributed by atoms with Crippen LogP contribution in [-0.2, 0) is 12.8 Å². The lowest BCUT2D eigenvalue weighted by molar-refractivity contribution is 0.782. The minimum Gasteiger partial charge on any atom is -0.383 e. The zero-order valence-electron chi connectivity index (χ0n) is 10.2. The van der Waals surface area contributed by atoms with Crippen molar-refractivity contribution >= 4 is 28.6 Å². The highest BCUT2D eigenvalue weighted by Crippen LogP contribution is 2.21. The Bertz CT molecular complexity index is 710. The van der Waals surface area contributed by atoms with E-state index in [9.17, 15) is 0 Å². The Balaban J connectivity index is 1.87. The van der Waals surface area contributed by atoms with Gasteiger partial charge >= 0.3 is 0 Å². The Morgan fingerprint density at radius 2 is 2.16 bits per heavy atom. The number of aryl methyl sites for hydroxylation is 1. The van der Waals surface area contributed by atoms with Gasteiger partial charge < -0.3 is 5.73 Å². The monoisotopic (exact) mass is 273 g/mol. The Morgan fingerprint density at radius 1 is 1.26 bits per heavy atom. The van der Waals surface area contributed by atoms with E-state index >= 15 is 0 Å². The number of nitrogens with zero attached hydrogens (tertiary/aromatic N) is 6. The molecule has 0 atom stereocenters. The summed E-state index contributed by atoms with van der Waals surface area (Å²) in [5.41, 5.74) is 6.64. The zero-order valence-corrected chi connectivity index (χ0v) is 11.0. The molecule has 19 heavy (non-hydrogen) atoms. The average Bonchev–Trinajstić information content (AvgIpc) is 2.80. The number of anilines is 1. The molecule has 0 bridgehead atoms. The van der Waals surface area contributed by atoms with Crippen LogP contribution in [0.3, 0.4) is 0 Å². The van der Waals surface area contributed by atoms with Crippen LogP contribution in [0.25, 0.3) is 11.0 Å². The van der Waals surface area contributed by atoms with E-state index in [1.165, 1.54) is 11.8 Å². The standard InChI is InChI=1S/C11H11N7S/c1-18-11-7(4-15-18)10(12)16-8(17-11)6-19-9-5-13-2-3-14-9/h2-5H,6H2,1H3,(H2,12,16,17). The first-order chi connectivity index (χ1) is 9.24. The molecule has 0 aliphatic rings. The molecule has 3 rings (SSSR count). The van der Waals surface area contributed by atoms with Gasteiger partial charge in [0.2, 0.25) is 0 Å². The number of nitrogens with two attached hydrogens (primary N) is 1. The van der Waals surface area contributed by atoms with Crippen LogP contribution in [0.1, 0.15) is 5.82 Å². The highest BCUT2D eigenvalue weighted by molar-refractivity contribution is 7.98. The van der Waals surface area contributed by atoms with Gasteiger partial charge in [0, 0.05) is 19.4 Å². The molecule has 0 fully saturated rings. The van der Waals surface area contributed by atoms with E-state index in [4.69, 9.17) is 5.73 Å². The van der Waals surface area contributed by atoms with Crippen molar-refractivity contribution in [1.29, 1.82) is 0 Å². The third-order valence-electron chi connectivity index (χ3n) is 2.56. The number of nitrogen functional groups attached to an aromatic ring is 1. The van der Waals surface area contributed by atoms with Crippen molar-refractivity contribution < 1.29 is 0 Å². The third-order valence-corrected chi connectivity index (χ3v) is 3.47. The minimum absolute atomic E-state index is 0.452. The Morgan fingerprint density at radius 3 is 2.95 bits per heavy atom. The predicted molar refractivity (Wildman–Crippen MR) is 72.3 cm³/mol. The molecule has 3 aromatic rings. The van der Waals surface area contributed by atoms with Crippen molar-refractivity contribution in [3.05, 3.63) is 30.6 Å². The van der Waals surface area contributed by atoms with Crippen LogP contribution < -0.4 is 5.73 Å². The van der Waals surface area contributed by atoms with E-state index in [-0.39, 0.29) is 0 Å². The summed E-state index contributed by atoms with van der Waals surface area (Å²) in [6.45, 7) is 0. The highest BCUT2D eigenvalue weighted by Gasteiger charge is 2.09. The van der Waals surface area contributed by atoms with Crippen molar-refractivity contribution in [2.75, 3.05) is 5.73 Å². The fourth-order valence-corrected chi connectivity index (χ4v) is 2.33. The van der Waals surface area contributed by atoms with Crippen LogP contribution >= 0.6 is 11.8 Å². The maximum Gasteiger partial charge on any atom is 0.163 e. The van der Waals surface area contributed by atoms with E-state index < -0.39 is 0 Å². The highest BCUT2D eigenvalue weighted by atomic mass is 32.2. The summed E-state index contributed by atoms with van der Waals surface area (Å²) in [6.07, 6.45) is 6.67. The fraction of sp³-hybridized carbons (Fsp3) is 0.182. The van der Waals surface area contributed by atoms with Crippen LogP contribution in [0.4, 0.5) is 5.82 Å². The van der Waals surface area contributed by atoms with Gasteiger partial charge in [0.15, 0.2) is 5.65 Å². The van der Waals surface area contributed by atoms with E-state index in [0.29, 0.717) is 17.4 Å². The molecule has 0 aromatic carbocycles. The second-order valence-electron chi connectivity index (χ2n) is 3.86. The van der Waals surface area contributed by atoms with Gasteiger partial charge in [0.1, 0.15) is 16.7 Å². The number of fused-ring (bicyclic) bond motifs is 1. The van der Waals surface area contributed by atoms with E-state index in [0.717, 1.165) is 16.1 Å². The molecule has 7 nitrogen and oxygen atoms in total. The average molecular weight is 273 g/mol. The molecule has 3 heterocycles. The maximum atomic E-state index is 5.90. The van der Waals surface area contributed by atoms with Crippen LogP contribution in [-0.4, -0.2) is 29.7 Å². The van der Waals surface area contributed by atoms with Crippen LogP contribution in [0.15, 0.2) is 29.8 Å². The molecule has 3 aromatic heterocycles. The van der Waals surface area contributed by atoms with Crippen molar-refractivity contribution in [3.8, 4) is 0 Å². The minimum atomic E-state index is 0.452. The van der Waals surface area contributed by atoms with Gasteiger partial charge in [0.25, 0.3) is 0 Å². The van der Waals surface area contributed by atoms with Crippen molar-refractivity contribution in [1.82, 2.24) is 29.7 Å². The molecular weight excluding hydrogens is 262 g/mol. The molecule has 0 amide bonds. The summed E-state index contributed by atoms with van der Waals surface area (Å²) >= 11 is 1.52. The molecule has 0 radical (unpaired) electrons. The number of thioether (sulfide) groups is 1. The first-order valence-electron chi connectivity index (χ1n) is 5.57. The summed E-state index contributed by atoms with van der Waals surface area (Å²) in [4.78, 5) is 16.9. The lowest BCUT2D eigenvalue weighted by atomic mass is 10.4. The molecule has 8 heteroatoms. The van der Waals surface area contributed by atoms with E-state index in [1.54, 1.807) is 29.5 Å². The number of rotatable bonds is 3. The Hall–Kier alpha value is -2.22. The first-order valence-corrected chi connectivity index (χ1v) is 6.55. The van der Waals surface area contributed by atoms with Gasteiger partial charge in [-0.2, -0.15) is 5.10 Å². The Labute approximate surface area is 113 Å². The lowest BCUT2D eigenvalue weighted by Crippen LogP contribution is -2.01. The SMILES string of the molecule is Cn1ncc2c(N)nc(CSc3cnccn3)nc21. The fourth-order valence-electron chi connectivity index (χ4n) is 1.65. The van der Waals surface area contributed by atoms with Crippen LogP contribution in [0.5, 0.6) is 0 Å². The van der Waals surface area contributed by atoms with Crippen molar-refractivity contribution in [2.45, 2.75) is 10.8 Å². The summed E-state index contributed by atoms with van der Waals surface area (Å²) in [6, 6.07) is 0. The van der Waals surface area contributed by atoms with Gasteiger partial charge in [-0.15, -0.1) is 0 Å². The normalized spacial score (nSPS) is 11.0. The largest absolute Gasteiger partial charge is 0.383 e. The molecule has 0 spiro atoms. The third kappa shape index (κ3) is 2.34. The summed E-state index contributed by atoms with van der Waals surface area (Å²) in [5, 5.41) is 5.72. The molecule has 0 saturated carbocycles. The number of hydrogen-bond donors (Lipinski definition) is 1. The van der Waals surface area contributed by atoms with Gasteiger partial charge in [-0.25, -0.2) is 15.0 Å². The second-order valence-corrected chi connectivity index (χ2v) is 4.86. The summed E-state index contributed by atoms with van der Waals surface area (Å²) < 4.78 is 1.68. The maximum absolute atomic E-state index is 5.90. The van der Waals surface area contributed by atoms with Gasteiger partial charge in [-0.3, -0.25) is 9.67 Å². The lowest BCUT2D eigenvalue weighted by Gasteiger charge is -2.02. The summed E-state index contributed by atoms with van der Waals surface area (Å²) in [7, 11) is 1.83. The van der Waals surface area contributed by atoms with Crippen molar-refractivity contribution in [3.63, 3.8) is 0 Å². The predicted octanol–water partition coefficient (Wildman–Crippen LogP) is 1.03. The van der Waals surface area contributed by atoms with E-state index in [1.807, 2.05) is 7.05 Å². The molecular formula is C11H11N7S. The molecule has 2 N–H and O–H groups in total. The Kier molecular flexibility index (Phi) is 3.00.